The zero-order valence-corrected chi connectivity index (χ0v) is 13.6. The number of rotatable bonds is 7. The molecule has 1 aliphatic rings. The van der Waals surface area contributed by atoms with E-state index in [0.29, 0.717) is 12.4 Å². The summed E-state index contributed by atoms with van der Waals surface area (Å²) in [5, 5.41) is 2.85. The van der Waals surface area contributed by atoms with Crippen molar-refractivity contribution in [3.05, 3.63) is 24.3 Å². The van der Waals surface area contributed by atoms with Crippen LogP contribution in [0.4, 0.5) is 5.69 Å². The number of nitrogens with one attached hydrogen (secondary N) is 1. The van der Waals surface area contributed by atoms with Crippen LogP contribution >= 0.6 is 11.8 Å². The molecule has 5 heteroatoms. The van der Waals surface area contributed by atoms with Crippen LogP contribution < -0.4 is 10.1 Å². The number of amides is 1. The summed E-state index contributed by atoms with van der Waals surface area (Å²) >= 11 is 1.51. The van der Waals surface area contributed by atoms with Crippen LogP contribution in [0.1, 0.15) is 13.3 Å². The molecule has 0 aromatic heterocycles. The average molecular weight is 308 g/mol. The van der Waals surface area contributed by atoms with Crippen LogP contribution in [0, 0.1) is 5.92 Å². The number of ether oxygens (including phenoxy) is 1. The van der Waals surface area contributed by atoms with Gasteiger partial charge in [-0.3, -0.25) is 9.69 Å². The largest absolute Gasteiger partial charge is 0.492 e. The van der Waals surface area contributed by atoms with Gasteiger partial charge in [-0.15, -0.1) is 0 Å². The van der Waals surface area contributed by atoms with Gasteiger partial charge < -0.3 is 10.1 Å². The van der Waals surface area contributed by atoms with Crippen molar-refractivity contribution in [3.63, 3.8) is 0 Å². The van der Waals surface area contributed by atoms with Crippen molar-refractivity contribution in [2.24, 2.45) is 5.92 Å². The number of carbonyl (C=O) groups is 1. The average Bonchev–Trinajstić information content (AvgIpc) is 2.87. The zero-order valence-electron chi connectivity index (χ0n) is 12.8. The van der Waals surface area contributed by atoms with Crippen LogP contribution in [0.15, 0.2) is 24.3 Å². The van der Waals surface area contributed by atoms with E-state index < -0.39 is 0 Å². The summed E-state index contributed by atoms with van der Waals surface area (Å²) in [6, 6.07) is 7.57. The maximum atomic E-state index is 11.5. The highest BCUT2D eigenvalue weighted by Gasteiger charge is 2.17. The highest BCUT2D eigenvalue weighted by atomic mass is 32.2. The van der Waals surface area contributed by atoms with Crippen LogP contribution in [0.25, 0.3) is 0 Å². The smallest absolute Gasteiger partial charge is 0.234 e. The fourth-order valence-electron chi connectivity index (χ4n) is 2.48. The van der Waals surface area contributed by atoms with E-state index in [0.717, 1.165) is 23.9 Å². The Labute approximate surface area is 131 Å². The Kier molecular flexibility index (Phi) is 6.39. The van der Waals surface area contributed by atoms with Crippen LogP contribution in [-0.4, -0.2) is 49.1 Å². The number of anilines is 1. The Balaban J connectivity index is 1.71. The van der Waals surface area contributed by atoms with Gasteiger partial charge in [0.15, 0.2) is 0 Å². The molecule has 1 aromatic rings. The van der Waals surface area contributed by atoms with E-state index in [2.05, 4.69) is 17.1 Å². The molecule has 1 fully saturated rings. The van der Waals surface area contributed by atoms with Crippen molar-refractivity contribution in [2.45, 2.75) is 13.3 Å². The fourth-order valence-corrected chi connectivity index (χ4v) is 2.82. The number of hydrogen-bond donors (Lipinski definition) is 1. The van der Waals surface area contributed by atoms with Gasteiger partial charge in [-0.2, -0.15) is 11.8 Å². The monoisotopic (exact) mass is 308 g/mol. The molecule has 1 amide bonds. The lowest BCUT2D eigenvalue weighted by atomic mass is 10.2. The van der Waals surface area contributed by atoms with Gasteiger partial charge >= 0.3 is 0 Å². The molecule has 1 aliphatic heterocycles. The summed E-state index contributed by atoms with van der Waals surface area (Å²) < 4.78 is 5.75. The minimum atomic E-state index is 0.0271. The number of benzene rings is 1. The maximum Gasteiger partial charge on any atom is 0.234 e. The summed E-state index contributed by atoms with van der Waals surface area (Å²) in [6.07, 6.45) is 3.21. The van der Waals surface area contributed by atoms with Crippen LogP contribution in [-0.2, 0) is 4.79 Å². The Morgan fingerprint density at radius 1 is 1.43 bits per heavy atom. The van der Waals surface area contributed by atoms with E-state index in [1.54, 1.807) is 0 Å². The summed E-state index contributed by atoms with van der Waals surface area (Å²) in [4.78, 5) is 13.9. The number of likely N-dealkylation sites (tertiary alicyclic amines) is 1. The third kappa shape index (κ3) is 5.59. The molecule has 1 saturated heterocycles. The van der Waals surface area contributed by atoms with Gasteiger partial charge in [-0.25, -0.2) is 0 Å². The summed E-state index contributed by atoms with van der Waals surface area (Å²) in [5.41, 5.74) is 0.815. The van der Waals surface area contributed by atoms with Crippen LogP contribution in [0.5, 0.6) is 5.75 Å². The SMILES string of the molecule is CSCC(=O)Nc1ccc(OCCN2CCC(C)C2)cc1. The van der Waals surface area contributed by atoms with Crippen molar-refractivity contribution >= 4 is 23.4 Å². The molecule has 1 heterocycles. The van der Waals surface area contributed by atoms with Crippen molar-refractivity contribution < 1.29 is 9.53 Å². The van der Waals surface area contributed by atoms with Crippen molar-refractivity contribution in [1.29, 1.82) is 0 Å². The molecule has 0 spiro atoms. The minimum absolute atomic E-state index is 0.0271. The lowest BCUT2D eigenvalue weighted by Gasteiger charge is -2.15. The molecule has 21 heavy (non-hydrogen) atoms. The predicted octanol–water partition coefficient (Wildman–Crippen LogP) is 2.71. The van der Waals surface area contributed by atoms with Gasteiger partial charge in [0.2, 0.25) is 5.91 Å². The first kappa shape index (κ1) is 16.2. The van der Waals surface area contributed by atoms with Crippen LogP contribution in [0.3, 0.4) is 0 Å². The summed E-state index contributed by atoms with van der Waals surface area (Å²) in [6.45, 7) is 6.36. The number of thioether (sulfide) groups is 1. The predicted molar refractivity (Wildman–Crippen MR) is 89.2 cm³/mol. The van der Waals surface area contributed by atoms with Gasteiger partial charge in [0.1, 0.15) is 12.4 Å². The Morgan fingerprint density at radius 2 is 2.19 bits per heavy atom. The van der Waals surface area contributed by atoms with E-state index in [1.165, 1.54) is 31.3 Å². The standard InChI is InChI=1S/C16H24N2O2S/c1-13-7-8-18(11-13)9-10-20-15-5-3-14(4-6-15)17-16(19)12-21-2/h3-6,13H,7-12H2,1-2H3,(H,17,19). The molecule has 2 rings (SSSR count). The second-order valence-electron chi connectivity index (χ2n) is 5.55. The van der Waals surface area contributed by atoms with E-state index in [9.17, 15) is 4.79 Å². The Bertz CT molecular complexity index is 450. The van der Waals surface area contributed by atoms with Gasteiger partial charge in [0.05, 0.1) is 5.75 Å². The first-order valence-electron chi connectivity index (χ1n) is 7.41. The Morgan fingerprint density at radius 3 is 2.81 bits per heavy atom. The van der Waals surface area contributed by atoms with E-state index in [4.69, 9.17) is 4.74 Å². The number of nitrogens with zero attached hydrogens (tertiary/aromatic N) is 1. The first-order chi connectivity index (χ1) is 10.2. The first-order valence-corrected chi connectivity index (χ1v) is 8.81. The number of hydrogen-bond acceptors (Lipinski definition) is 4. The van der Waals surface area contributed by atoms with Gasteiger partial charge in [0, 0.05) is 18.8 Å². The van der Waals surface area contributed by atoms with Crippen LogP contribution in [0.2, 0.25) is 0 Å². The normalized spacial score (nSPS) is 18.7. The highest BCUT2D eigenvalue weighted by Crippen LogP contribution is 2.17. The molecule has 0 bridgehead atoms. The van der Waals surface area contributed by atoms with E-state index in [-0.39, 0.29) is 5.91 Å². The molecule has 1 unspecified atom stereocenters. The molecular formula is C16H24N2O2S. The topological polar surface area (TPSA) is 41.6 Å². The third-order valence-corrected chi connectivity index (χ3v) is 4.15. The van der Waals surface area contributed by atoms with Gasteiger partial charge in [-0.05, 0) is 49.4 Å². The second kappa shape index (κ2) is 8.29. The quantitative estimate of drug-likeness (QED) is 0.841. The highest BCUT2D eigenvalue weighted by molar-refractivity contribution is 7.99. The zero-order chi connectivity index (χ0) is 15.1. The minimum Gasteiger partial charge on any atom is -0.492 e. The maximum absolute atomic E-state index is 11.5. The number of carbonyl (C=O) groups excluding carboxylic acids is 1. The molecular weight excluding hydrogens is 284 g/mol. The molecule has 116 valence electrons. The molecule has 1 atom stereocenters. The lowest BCUT2D eigenvalue weighted by molar-refractivity contribution is -0.113. The second-order valence-corrected chi connectivity index (χ2v) is 6.41. The van der Waals surface area contributed by atoms with Crippen molar-refractivity contribution in [3.8, 4) is 5.75 Å². The molecule has 0 saturated carbocycles. The third-order valence-electron chi connectivity index (χ3n) is 3.60. The summed E-state index contributed by atoms with van der Waals surface area (Å²) in [7, 11) is 0. The fraction of sp³-hybridized carbons (Fsp3) is 0.562. The molecule has 0 radical (unpaired) electrons. The molecule has 0 aliphatic carbocycles. The lowest BCUT2D eigenvalue weighted by Crippen LogP contribution is -2.25. The van der Waals surface area contributed by atoms with Crippen molar-refractivity contribution in [2.75, 3.05) is 43.6 Å². The Hall–Kier alpha value is -1.20. The van der Waals surface area contributed by atoms with Gasteiger partial charge in [-0.1, -0.05) is 6.92 Å². The van der Waals surface area contributed by atoms with Gasteiger partial charge in [0.25, 0.3) is 0 Å². The van der Waals surface area contributed by atoms with Crippen molar-refractivity contribution in [1.82, 2.24) is 4.90 Å². The molecule has 4 nitrogen and oxygen atoms in total. The van der Waals surface area contributed by atoms with E-state index in [1.807, 2.05) is 30.5 Å². The van der Waals surface area contributed by atoms with E-state index >= 15 is 0 Å². The molecule has 1 N–H and O–H groups in total. The summed E-state index contributed by atoms with van der Waals surface area (Å²) in [5.74, 6) is 2.17. The molecule has 1 aromatic carbocycles.